The van der Waals surface area contributed by atoms with E-state index in [9.17, 15) is 40.3 Å². The molecule has 0 aliphatic heterocycles. The third-order valence-corrected chi connectivity index (χ3v) is 5.84. The van der Waals surface area contributed by atoms with Crippen LogP contribution in [0.5, 0.6) is 0 Å². The van der Waals surface area contributed by atoms with Gasteiger partial charge in [-0.1, -0.05) is 12.1 Å². The second kappa shape index (κ2) is 9.29. The number of rotatable bonds is 5. The Morgan fingerprint density at radius 1 is 0.800 bits per heavy atom. The van der Waals surface area contributed by atoms with Gasteiger partial charge in [0, 0.05) is 34.6 Å². The van der Waals surface area contributed by atoms with Gasteiger partial charge in [-0.15, -0.1) is 11.3 Å². The maximum absolute atomic E-state index is 14.4. The van der Waals surface area contributed by atoms with Crippen molar-refractivity contribution < 1.29 is 40.3 Å². The summed E-state index contributed by atoms with van der Waals surface area (Å²) in [4.78, 5) is 28.6. The Hall–Kier alpha value is -3.48. The van der Waals surface area contributed by atoms with Crippen LogP contribution in [0, 0.1) is 13.8 Å². The summed E-state index contributed by atoms with van der Waals surface area (Å²) < 4.78 is 92.9. The van der Waals surface area contributed by atoms with Crippen molar-refractivity contribution in [2.75, 3.05) is 10.6 Å². The highest BCUT2D eigenvalue weighted by atomic mass is 32.1. The molecule has 35 heavy (non-hydrogen) atoms. The molecule has 1 aromatic carbocycles. The summed E-state index contributed by atoms with van der Waals surface area (Å²) >= 11 is 1.02. The lowest BCUT2D eigenvalue weighted by molar-refractivity contribution is -0.348. The molecule has 0 saturated carbocycles. The van der Waals surface area contributed by atoms with Gasteiger partial charge in [-0.05, 0) is 43.2 Å². The number of pyridine rings is 1. The summed E-state index contributed by atoms with van der Waals surface area (Å²) in [5.74, 6) is -1.18. The van der Waals surface area contributed by atoms with E-state index in [1.54, 1.807) is 0 Å². The molecule has 0 saturated heterocycles. The minimum absolute atomic E-state index is 0.0704. The second-order valence-corrected chi connectivity index (χ2v) is 8.39. The number of nitrogens with zero attached hydrogens (tertiary/aromatic N) is 1. The molecule has 5 nitrogen and oxygen atoms in total. The van der Waals surface area contributed by atoms with Crippen LogP contribution in [-0.4, -0.2) is 29.2 Å². The molecular formula is C22H16F7N3O2S. The quantitative estimate of drug-likeness (QED) is 0.376. The van der Waals surface area contributed by atoms with E-state index in [0.717, 1.165) is 25.2 Å². The first-order valence-corrected chi connectivity index (χ1v) is 10.6. The molecule has 2 amide bonds. The van der Waals surface area contributed by atoms with Gasteiger partial charge in [0.15, 0.2) is 0 Å². The number of anilines is 2. The fraction of sp³-hybridized carbons (Fsp3) is 0.227. The molecule has 2 heterocycles. The summed E-state index contributed by atoms with van der Waals surface area (Å²) in [5, 5.41) is 6.72. The molecule has 3 aromatic rings. The highest BCUT2D eigenvalue weighted by Gasteiger charge is 2.73. The SMILES string of the molecule is Cc1cc(C(F)(C(F)(F)F)C(F)(F)F)cc(C)c1NC(=O)c1csc(NC(=O)c2ccncc2)c1. The average molecular weight is 519 g/mol. The number of halogens is 7. The summed E-state index contributed by atoms with van der Waals surface area (Å²) in [5.41, 5.74) is -7.29. The first kappa shape index (κ1) is 26.1. The van der Waals surface area contributed by atoms with E-state index < -0.39 is 35.4 Å². The molecule has 0 fully saturated rings. The molecule has 0 radical (unpaired) electrons. The monoisotopic (exact) mass is 519 g/mol. The van der Waals surface area contributed by atoms with Crippen molar-refractivity contribution in [3.8, 4) is 0 Å². The minimum atomic E-state index is -6.25. The van der Waals surface area contributed by atoms with E-state index >= 15 is 0 Å². The Kier molecular flexibility index (Phi) is 6.93. The van der Waals surface area contributed by atoms with Gasteiger partial charge < -0.3 is 10.6 Å². The van der Waals surface area contributed by atoms with Gasteiger partial charge in [0.25, 0.3) is 11.8 Å². The van der Waals surface area contributed by atoms with Crippen LogP contribution in [0.25, 0.3) is 0 Å². The molecule has 0 aliphatic carbocycles. The van der Waals surface area contributed by atoms with Crippen molar-refractivity contribution in [1.29, 1.82) is 0 Å². The van der Waals surface area contributed by atoms with Gasteiger partial charge in [-0.25, -0.2) is 4.39 Å². The van der Waals surface area contributed by atoms with Gasteiger partial charge in [0.2, 0.25) is 0 Å². The van der Waals surface area contributed by atoms with Crippen LogP contribution in [0.3, 0.4) is 0 Å². The summed E-state index contributed by atoms with van der Waals surface area (Å²) in [6.07, 6.45) is -9.64. The first-order chi connectivity index (χ1) is 16.1. The number of carbonyl (C=O) groups is 2. The molecule has 2 aromatic heterocycles. The maximum Gasteiger partial charge on any atom is 0.435 e. The lowest BCUT2D eigenvalue weighted by Gasteiger charge is -2.31. The number of aryl methyl sites for hydroxylation is 2. The third-order valence-electron chi connectivity index (χ3n) is 4.99. The van der Waals surface area contributed by atoms with E-state index in [1.807, 2.05) is 0 Å². The number of amides is 2. The second-order valence-electron chi connectivity index (χ2n) is 7.48. The normalized spacial score (nSPS) is 12.4. The fourth-order valence-electron chi connectivity index (χ4n) is 3.24. The van der Waals surface area contributed by atoms with Crippen molar-refractivity contribution in [3.63, 3.8) is 0 Å². The molecular weight excluding hydrogens is 503 g/mol. The molecule has 0 unspecified atom stereocenters. The van der Waals surface area contributed by atoms with Crippen molar-refractivity contribution in [2.45, 2.75) is 31.9 Å². The smallest absolute Gasteiger partial charge is 0.321 e. The molecule has 0 atom stereocenters. The average Bonchev–Trinajstić information content (AvgIpc) is 3.23. The Bertz CT molecular complexity index is 1220. The zero-order valence-electron chi connectivity index (χ0n) is 17.9. The largest absolute Gasteiger partial charge is 0.435 e. The number of carbonyl (C=O) groups excluding carboxylic acids is 2. The Morgan fingerprint density at radius 3 is 1.83 bits per heavy atom. The predicted molar refractivity (Wildman–Crippen MR) is 115 cm³/mol. The van der Waals surface area contributed by atoms with Crippen LogP contribution in [0.4, 0.5) is 41.4 Å². The Morgan fingerprint density at radius 2 is 1.31 bits per heavy atom. The maximum atomic E-state index is 14.4. The molecule has 186 valence electrons. The van der Waals surface area contributed by atoms with E-state index in [4.69, 9.17) is 0 Å². The molecule has 3 rings (SSSR count). The van der Waals surface area contributed by atoms with Crippen molar-refractivity contribution in [1.82, 2.24) is 4.98 Å². The predicted octanol–water partition coefficient (Wildman–Crippen LogP) is 6.55. The molecule has 0 bridgehead atoms. The third kappa shape index (κ3) is 5.14. The summed E-state index contributed by atoms with van der Waals surface area (Å²) in [6, 6.07) is 5.11. The number of alkyl halides is 7. The van der Waals surface area contributed by atoms with Crippen molar-refractivity contribution >= 4 is 33.8 Å². The summed E-state index contributed by atoms with van der Waals surface area (Å²) in [6.45, 7) is 2.29. The number of thiophene rings is 1. The molecule has 2 N–H and O–H groups in total. The number of aromatic nitrogens is 1. The van der Waals surface area contributed by atoms with Gasteiger partial charge >= 0.3 is 18.0 Å². The van der Waals surface area contributed by atoms with Crippen LogP contribution in [0.1, 0.15) is 37.4 Å². The zero-order chi connectivity index (χ0) is 26.2. The molecule has 0 spiro atoms. The number of benzene rings is 1. The van der Waals surface area contributed by atoms with Gasteiger partial charge in [0.1, 0.15) is 0 Å². The van der Waals surface area contributed by atoms with Gasteiger partial charge in [0.05, 0.1) is 10.6 Å². The van der Waals surface area contributed by atoms with Gasteiger partial charge in [-0.3, -0.25) is 14.6 Å². The minimum Gasteiger partial charge on any atom is -0.321 e. The highest BCUT2D eigenvalue weighted by molar-refractivity contribution is 7.14. The van der Waals surface area contributed by atoms with E-state index in [1.165, 1.54) is 36.0 Å². The van der Waals surface area contributed by atoms with Gasteiger partial charge in [-0.2, -0.15) is 26.3 Å². The highest BCUT2D eigenvalue weighted by Crippen LogP contribution is 2.53. The fourth-order valence-corrected chi connectivity index (χ4v) is 4.02. The van der Waals surface area contributed by atoms with Crippen LogP contribution in [-0.2, 0) is 5.67 Å². The van der Waals surface area contributed by atoms with Crippen molar-refractivity contribution in [3.05, 3.63) is 75.9 Å². The number of hydrogen-bond donors (Lipinski definition) is 2. The molecule has 0 aliphatic rings. The Labute approximate surface area is 198 Å². The zero-order valence-corrected chi connectivity index (χ0v) is 18.8. The number of hydrogen-bond acceptors (Lipinski definition) is 4. The van der Waals surface area contributed by atoms with E-state index in [-0.39, 0.29) is 22.4 Å². The number of nitrogens with one attached hydrogen (secondary N) is 2. The lowest BCUT2D eigenvalue weighted by atomic mass is 9.90. The van der Waals surface area contributed by atoms with Crippen LogP contribution >= 0.6 is 11.3 Å². The van der Waals surface area contributed by atoms with E-state index in [2.05, 4.69) is 15.6 Å². The van der Waals surface area contributed by atoms with Crippen LogP contribution < -0.4 is 10.6 Å². The standard InChI is InChI=1S/C22H16F7N3O2S/c1-11-7-15(20(23,21(24,25)26)22(27,28)29)8-12(2)17(11)32-19(34)14-9-16(35-10-14)31-18(33)13-3-5-30-6-4-13/h3-10H,1-2H3,(H,31,33)(H,32,34). The van der Waals surface area contributed by atoms with E-state index in [0.29, 0.717) is 22.7 Å². The lowest BCUT2D eigenvalue weighted by Crippen LogP contribution is -2.50. The molecule has 13 heteroatoms. The van der Waals surface area contributed by atoms with Crippen LogP contribution in [0.2, 0.25) is 0 Å². The topological polar surface area (TPSA) is 71.1 Å². The van der Waals surface area contributed by atoms with Crippen molar-refractivity contribution in [2.24, 2.45) is 0 Å². The Balaban J connectivity index is 1.83. The first-order valence-electron chi connectivity index (χ1n) is 9.70. The van der Waals surface area contributed by atoms with Crippen LogP contribution in [0.15, 0.2) is 48.1 Å². The summed E-state index contributed by atoms with van der Waals surface area (Å²) in [7, 11) is 0.